The largest absolute Gasteiger partial charge is 0.465 e. The van der Waals surface area contributed by atoms with Crippen LogP contribution in [0.1, 0.15) is 13.3 Å². The maximum absolute atomic E-state index is 10.5. The first kappa shape index (κ1) is 8.33. The maximum atomic E-state index is 10.5. The summed E-state index contributed by atoms with van der Waals surface area (Å²) < 4.78 is 0. The minimum Gasteiger partial charge on any atom is -0.465 e. The fourth-order valence-electron chi connectivity index (χ4n) is 1.39. The summed E-state index contributed by atoms with van der Waals surface area (Å²) in [7, 11) is 0. The molecule has 64 valence electrons. The van der Waals surface area contributed by atoms with Gasteiger partial charge in [0.25, 0.3) is 0 Å². The van der Waals surface area contributed by atoms with Gasteiger partial charge in [-0.1, -0.05) is 0 Å². The van der Waals surface area contributed by atoms with Crippen molar-refractivity contribution >= 4 is 6.09 Å². The second-order valence-corrected chi connectivity index (χ2v) is 3.14. The van der Waals surface area contributed by atoms with E-state index < -0.39 is 6.09 Å². The molecule has 1 unspecified atom stereocenters. The monoisotopic (exact) mass is 158 g/mol. The Bertz CT molecular complexity index is 159. The summed E-state index contributed by atoms with van der Waals surface area (Å²) in [5.41, 5.74) is 5.64. The first-order chi connectivity index (χ1) is 5.11. The molecule has 2 atom stereocenters. The van der Waals surface area contributed by atoms with Gasteiger partial charge < -0.3 is 15.7 Å². The number of likely N-dealkylation sites (tertiary alicyclic amines) is 1. The Morgan fingerprint density at radius 3 is 2.73 bits per heavy atom. The smallest absolute Gasteiger partial charge is 0.407 e. The minimum absolute atomic E-state index is 0.111. The number of amides is 1. The lowest BCUT2D eigenvalue weighted by atomic mass is 10.0. The van der Waals surface area contributed by atoms with E-state index in [1.807, 2.05) is 6.92 Å². The van der Waals surface area contributed by atoms with Crippen LogP contribution in [-0.2, 0) is 0 Å². The van der Waals surface area contributed by atoms with Crippen LogP contribution in [0.15, 0.2) is 0 Å². The van der Waals surface area contributed by atoms with Crippen molar-refractivity contribution in [1.82, 2.24) is 4.90 Å². The molecule has 0 aromatic rings. The highest BCUT2D eigenvalue weighted by Gasteiger charge is 2.27. The van der Waals surface area contributed by atoms with Crippen molar-refractivity contribution in [1.29, 1.82) is 0 Å². The van der Waals surface area contributed by atoms with Gasteiger partial charge in [-0.15, -0.1) is 0 Å². The Morgan fingerprint density at radius 1 is 1.82 bits per heavy atom. The van der Waals surface area contributed by atoms with Gasteiger partial charge in [0.05, 0.1) is 0 Å². The second kappa shape index (κ2) is 3.09. The number of rotatable bonds is 1. The average Bonchev–Trinajstić information content (AvgIpc) is 2.33. The van der Waals surface area contributed by atoms with Gasteiger partial charge in [0.2, 0.25) is 0 Å². The van der Waals surface area contributed by atoms with Crippen molar-refractivity contribution < 1.29 is 9.90 Å². The molecule has 11 heavy (non-hydrogen) atoms. The molecule has 4 heteroatoms. The molecule has 3 N–H and O–H groups in total. The Morgan fingerprint density at radius 2 is 2.45 bits per heavy atom. The topological polar surface area (TPSA) is 66.6 Å². The Balaban J connectivity index is 2.41. The third-order valence-corrected chi connectivity index (χ3v) is 2.24. The molecule has 4 nitrogen and oxygen atoms in total. The summed E-state index contributed by atoms with van der Waals surface area (Å²) in [6.45, 7) is 3.17. The maximum Gasteiger partial charge on any atom is 0.407 e. The number of carboxylic acid groups (broad SMARTS) is 1. The molecule has 1 heterocycles. The molecule has 1 aliphatic heterocycles. The van der Waals surface area contributed by atoms with E-state index in [4.69, 9.17) is 10.8 Å². The summed E-state index contributed by atoms with van der Waals surface area (Å²) in [5, 5.41) is 8.60. The highest BCUT2D eigenvalue weighted by molar-refractivity contribution is 5.65. The van der Waals surface area contributed by atoms with Gasteiger partial charge in [0.1, 0.15) is 0 Å². The molecule has 0 spiro atoms. The average molecular weight is 158 g/mol. The van der Waals surface area contributed by atoms with E-state index in [1.54, 1.807) is 0 Å². The standard InChI is InChI=1S/C7H14N2O2/c1-5(8)6-2-3-9(4-6)7(10)11/h5-6H,2-4,8H2,1H3,(H,10,11)/t5-,6?/m0/s1. The van der Waals surface area contributed by atoms with Crippen LogP contribution in [0.25, 0.3) is 0 Å². The molecule has 1 saturated heterocycles. The lowest BCUT2D eigenvalue weighted by Crippen LogP contribution is -2.32. The summed E-state index contributed by atoms with van der Waals surface area (Å²) in [6, 6.07) is 0.111. The van der Waals surface area contributed by atoms with E-state index in [2.05, 4.69) is 0 Å². The number of nitrogens with two attached hydrogens (primary N) is 1. The molecule has 0 aromatic carbocycles. The molecule has 0 radical (unpaired) electrons. The second-order valence-electron chi connectivity index (χ2n) is 3.14. The number of nitrogens with zero attached hydrogens (tertiary/aromatic N) is 1. The third-order valence-electron chi connectivity index (χ3n) is 2.24. The molecule has 1 fully saturated rings. The Labute approximate surface area is 66.0 Å². The number of hydrogen-bond acceptors (Lipinski definition) is 2. The van der Waals surface area contributed by atoms with E-state index in [9.17, 15) is 4.79 Å². The molecule has 0 aromatic heterocycles. The zero-order valence-corrected chi connectivity index (χ0v) is 6.66. The van der Waals surface area contributed by atoms with E-state index in [0.29, 0.717) is 19.0 Å². The van der Waals surface area contributed by atoms with E-state index in [1.165, 1.54) is 4.90 Å². The van der Waals surface area contributed by atoms with Crippen molar-refractivity contribution in [3.63, 3.8) is 0 Å². The fraction of sp³-hybridized carbons (Fsp3) is 0.857. The lowest BCUT2D eigenvalue weighted by molar-refractivity contribution is 0.153. The Hall–Kier alpha value is -0.770. The van der Waals surface area contributed by atoms with Gasteiger partial charge in [-0.2, -0.15) is 0 Å². The molecule has 1 aliphatic rings. The van der Waals surface area contributed by atoms with Gasteiger partial charge in [-0.3, -0.25) is 0 Å². The van der Waals surface area contributed by atoms with Crippen LogP contribution >= 0.6 is 0 Å². The lowest BCUT2D eigenvalue weighted by Gasteiger charge is -2.14. The van der Waals surface area contributed by atoms with Gasteiger partial charge in [0, 0.05) is 19.1 Å². The third kappa shape index (κ3) is 1.83. The molecule has 0 aliphatic carbocycles. The molecule has 1 rings (SSSR count). The van der Waals surface area contributed by atoms with E-state index in [0.717, 1.165) is 6.42 Å². The van der Waals surface area contributed by atoms with Gasteiger partial charge in [-0.05, 0) is 19.3 Å². The van der Waals surface area contributed by atoms with Crippen LogP contribution in [0.4, 0.5) is 4.79 Å². The van der Waals surface area contributed by atoms with Gasteiger partial charge >= 0.3 is 6.09 Å². The summed E-state index contributed by atoms with van der Waals surface area (Å²) in [6.07, 6.45) is 0.0809. The van der Waals surface area contributed by atoms with Crippen LogP contribution in [0, 0.1) is 5.92 Å². The summed E-state index contributed by atoms with van der Waals surface area (Å²) in [4.78, 5) is 11.9. The number of hydrogen-bond donors (Lipinski definition) is 2. The highest BCUT2D eigenvalue weighted by atomic mass is 16.4. The summed E-state index contributed by atoms with van der Waals surface area (Å²) in [5.74, 6) is 0.353. The highest BCUT2D eigenvalue weighted by Crippen LogP contribution is 2.17. The van der Waals surface area contributed by atoms with Crippen LogP contribution in [0.5, 0.6) is 0 Å². The molecule has 0 bridgehead atoms. The van der Waals surface area contributed by atoms with Crippen molar-refractivity contribution in [3.8, 4) is 0 Å². The quantitative estimate of drug-likeness (QED) is 0.578. The minimum atomic E-state index is -0.826. The van der Waals surface area contributed by atoms with E-state index in [-0.39, 0.29) is 6.04 Å². The van der Waals surface area contributed by atoms with Crippen molar-refractivity contribution in [2.45, 2.75) is 19.4 Å². The number of carbonyl (C=O) groups is 1. The SMILES string of the molecule is C[C@H](N)C1CCN(C(=O)O)C1. The van der Waals surface area contributed by atoms with Gasteiger partial charge in [-0.25, -0.2) is 4.79 Å². The first-order valence-corrected chi connectivity index (χ1v) is 3.84. The molecular weight excluding hydrogens is 144 g/mol. The van der Waals surface area contributed by atoms with Crippen LogP contribution in [-0.4, -0.2) is 35.2 Å². The van der Waals surface area contributed by atoms with E-state index >= 15 is 0 Å². The first-order valence-electron chi connectivity index (χ1n) is 3.84. The molecule has 0 saturated carbocycles. The van der Waals surface area contributed by atoms with Crippen molar-refractivity contribution in [3.05, 3.63) is 0 Å². The van der Waals surface area contributed by atoms with Crippen LogP contribution < -0.4 is 5.73 Å². The van der Waals surface area contributed by atoms with Crippen LogP contribution in [0.2, 0.25) is 0 Å². The molecule has 1 amide bonds. The molecular formula is C7H14N2O2. The zero-order valence-electron chi connectivity index (χ0n) is 6.66. The van der Waals surface area contributed by atoms with Crippen molar-refractivity contribution in [2.75, 3.05) is 13.1 Å². The zero-order chi connectivity index (χ0) is 8.43. The Kier molecular flexibility index (Phi) is 2.34. The normalized spacial score (nSPS) is 27.1. The van der Waals surface area contributed by atoms with Crippen molar-refractivity contribution in [2.24, 2.45) is 11.7 Å². The predicted molar refractivity (Wildman–Crippen MR) is 41.4 cm³/mol. The van der Waals surface area contributed by atoms with Crippen LogP contribution in [0.3, 0.4) is 0 Å². The van der Waals surface area contributed by atoms with Gasteiger partial charge in [0.15, 0.2) is 0 Å². The predicted octanol–water partition coefficient (Wildman–Crippen LogP) is 0.334. The fourth-order valence-corrected chi connectivity index (χ4v) is 1.39. The summed E-state index contributed by atoms with van der Waals surface area (Å²) >= 11 is 0.